The van der Waals surface area contributed by atoms with Gasteiger partial charge in [-0.15, -0.1) is 0 Å². The molecule has 10 heteroatoms. The van der Waals surface area contributed by atoms with Crippen LogP contribution < -0.4 is 23.7 Å². The SMILES string of the molecule is COC(=O)CCC(=O)Oc1cc(CS(=O)C=Cc2c(OC)cc(OC)cc2OC)ccc1OC. The third-order valence-electron chi connectivity index (χ3n) is 4.66. The largest absolute Gasteiger partial charge is 0.496 e. The lowest BCUT2D eigenvalue weighted by Gasteiger charge is -2.12. The molecule has 184 valence electrons. The van der Waals surface area contributed by atoms with Crippen molar-refractivity contribution in [3.63, 3.8) is 0 Å². The smallest absolute Gasteiger partial charge is 0.311 e. The number of ether oxygens (including phenoxy) is 6. The third-order valence-corrected chi connectivity index (χ3v) is 5.72. The van der Waals surface area contributed by atoms with Crippen LogP contribution in [0.3, 0.4) is 0 Å². The molecule has 2 aromatic carbocycles. The number of esters is 2. The third kappa shape index (κ3) is 7.51. The van der Waals surface area contributed by atoms with E-state index in [-0.39, 0.29) is 24.3 Å². The molecule has 1 unspecified atom stereocenters. The molecule has 9 nitrogen and oxygen atoms in total. The number of hydrogen-bond donors (Lipinski definition) is 0. The van der Waals surface area contributed by atoms with Crippen LogP contribution in [0.4, 0.5) is 0 Å². The van der Waals surface area contributed by atoms with Crippen molar-refractivity contribution in [1.29, 1.82) is 0 Å². The number of benzene rings is 2. The van der Waals surface area contributed by atoms with Gasteiger partial charge in [0, 0.05) is 17.5 Å². The van der Waals surface area contributed by atoms with Gasteiger partial charge in [-0.1, -0.05) is 6.07 Å². The summed E-state index contributed by atoms with van der Waals surface area (Å²) in [6.45, 7) is 0. The molecule has 0 saturated carbocycles. The monoisotopic (exact) mass is 492 g/mol. The summed E-state index contributed by atoms with van der Waals surface area (Å²) >= 11 is 0. The number of hydrogen-bond acceptors (Lipinski definition) is 9. The molecule has 2 aromatic rings. The summed E-state index contributed by atoms with van der Waals surface area (Å²) in [6.07, 6.45) is 1.43. The molecular formula is C24H28O9S. The second kappa shape index (κ2) is 13.2. The molecule has 0 radical (unpaired) electrons. The molecule has 0 spiro atoms. The molecule has 1 atom stereocenters. The van der Waals surface area contributed by atoms with Crippen LogP contribution in [0.2, 0.25) is 0 Å². The van der Waals surface area contributed by atoms with E-state index in [1.165, 1.54) is 41.0 Å². The van der Waals surface area contributed by atoms with Crippen molar-refractivity contribution in [3.8, 4) is 28.7 Å². The van der Waals surface area contributed by atoms with Crippen molar-refractivity contribution in [3.05, 3.63) is 46.9 Å². The summed E-state index contributed by atoms with van der Waals surface area (Å²) < 4.78 is 43.9. The maximum absolute atomic E-state index is 12.7. The van der Waals surface area contributed by atoms with Crippen molar-refractivity contribution in [2.45, 2.75) is 18.6 Å². The average molecular weight is 493 g/mol. The maximum atomic E-state index is 12.7. The molecule has 0 bridgehead atoms. The molecule has 34 heavy (non-hydrogen) atoms. The Morgan fingerprint density at radius 1 is 0.794 bits per heavy atom. The van der Waals surface area contributed by atoms with Crippen molar-refractivity contribution < 1.29 is 42.2 Å². The topological polar surface area (TPSA) is 107 Å². The lowest BCUT2D eigenvalue weighted by Crippen LogP contribution is -2.12. The lowest BCUT2D eigenvalue weighted by molar-refractivity contribution is -0.144. The minimum absolute atomic E-state index is 0.0928. The van der Waals surface area contributed by atoms with E-state index in [0.29, 0.717) is 34.1 Å². The first-order chi connectivity index (χ1) is 16.3. The zero-order chi connectivity index (χ0) is 25.1. The summed E-state index contributed by atoms with van der Waals surface area (Å²) in [5.74, 6) is 1.14. The van der Waals surface area contributed by atoms with Crippen molar-refractivity contribution in [1.82, 2.24) is 0 Å². The Bertz CT molecular complexity index is 1040. The Kier molecular flexibility index (Phi) is 10.4. The average Bonchev–Trinajstić information content (AvgIpc) is 2.85. The predicted molar refractivity (Wildman–Crippen MR) is 127 cm³/mol. The molecule has 0 aliphatic rings. The molecule has 0 aliphatic heterocycles. The first kappa shape index (κ1) is 26.7. The molecule has 0 heterocycles. The van der Waals surface area contributed by atoms with E-state index in [0.717, 1.165) is 0 Å². The van der Waals surface area contributed by atoms with Gasteiger partial charge >= 0.3 is 11.9 Å². The first-order valence-corrected chi connectivity index (χ1v) is 11.5. The van der Waals surface area contributed by atoms with Gasteiger partial charge in [0.1, 0.15) is 17.2 Å². The van der Waals surface area contributed by atoms with Crippen LogP contribution in [0.15, 0.2) is 35.7 Å². The molecule has 0 N–H and O–H groups in total. The van der Waals surface area contributed by atoms with Crippen LogP contribution in [0.25, 0.3) is 6.08 Å². The van der Waals surface area contributed by atoms with Crippen LogP contribution in [0.5, 0.6) is 28.7 Å². The molecule has 0 amide bonds. The van der Waals surface area contributed by atoms with Crippen molar-refractivity contribution >= 4 is 28.8 Å². The van der Waals surface area contributed by atoms with Gasteiger partial charge in [0.15, 0.2) is 11.5 Å². The fraction of sp³-hybridized carbons (Fsp3) is 0.333. The summed E-state index contributed by atoms with van der Waals surface area (Å²) in [6, 6.07) is 8.33. The molecule has 2 rings (SSSR count). The highest BCUT2D eigenvalue weighted by molar-refractivity contribution is 7.87. The van der Waals surface area contributed by atoms with Gasteiger partial charge in [-0.25, -0.2) is 0 Å². The number of carbonyl (C=O) groups excluding carboxylic acids is 2. The summed E-state index contributed by atoms with van der Waals surface area (Å²) in [4.78, 5) is 23.3. The Morgan fingerprint density at radius 3 is 1.97 bits per heavy atom. The van der Waals surface area contributed by atoms with E-state index in [4.69, 9.17) is 23.7 Å². The summed E-state index contributed by atoms with van der Waals surface area (Å²) in [7, 11) is 5.87. The first-order valence-electron chi connectivity index (χ1n) is 10.1. The molecule has 0 saturated heterocycles. The second-order valence-corrected chi connectivity index (χ2v) is 8.13. The van der Waals surface area contributed by atoms with E-state index in [1.54, 1.807) is 36.4 Å². The van der Waals surface area contributed by atoms with Crippen molar-refractivity contribution in [2.75, 3.05) is 35.5 Å². The Balaban J connectivity index is 2.16. The van der Waals surface area contributed by atoms with Gasteiger partial charge in [-0.3, -0.25) is 13.8 Å². The van der Waals surface area contributed by atoms with Gasteiger partial charge in [0.05, 0.1) is 70.5 Å². The molecular weight excluding hydrogens is 464 g/mol. The van der Waals surface area contributed by atoms with E-state index >= 15 is 0 Å². The van der Waals surface area contributed by atoms with Gasteiger partial charge in [0.25, 0.3) is 0 Å². The lowest BCUT2D eigenvalue weighted by atomic mass is 10.1. The Labute approximate surface area is 201 Å². The Morgan fingerprint density at radius 2 is 1.41 bits per heavy atom. The van der Waals surface area contributed by atoms with Crippen LogP contribution in [-0.2, 0) is 30.9 Å². The Hall–Kier alpha value is -3.53. The maximum Gasteiger partial charge on any atom is 0.311 e. The van der Waals surface area contributed by atoms with Gasteiger partial charge in [0.2, 0.25) is 0 Å². The predicted octanol–water partition coefficient (Wildman–Crippen LogP) is 3.50. The minimum atomic E-state index is -1.40. The highest BCUT2D eigenvalue weighted by atomic mass is 32.2. The van der Waals surface area contributed by atoms with E-state index < -0.39 is 22.7 Å². The van der Waals surface area contributed by atoms with Crippen LogP contribution in [0.1, 0.15) is 24.0 Å². The number of rotatable bonds is 12. The van der Waals surface area contributed by atoms with Crippen LogP contribution in [0, 0.1) is 0 Å². The molecule has 0 aliphatic carbocycles. The van der Waals surface area contributed by atoms with E-state index in [1.807, 2.05) is 0 Å². The highest BCUT2D eigenvalue weighted by Gasteiger charge is 2.15. The van der Waals surface area contributed by atoms with Gasteiger partial charge in [-0.05, 0) is 23.8 Å². The zero-order valence-corrected chi connectivity index (χ0v) is 20.6. The second-order valence-electron chi connectivity index (χ2n) is 6.81. The zero-order valence-electron chi connectivity index (χ0n) is 19.7. The van der Waals surface area contributed by atoms with Crippen LogP contribution >= 0.6 is 0 Å². The molecule has 0 aromatic heterocycles. The van der Waals surface area contributed by atoms with E-state index in [9.17, 15) is 13.8 Å². The molecule has 0 fully saturated rings. The number of carbonyl (C=O) groups is 2. The number of methoxy groups -OCH3 is 5. The highest BCUT2D eigenvalue weighted by Crippen LogP contribution is 2.35. The quantitative estimate of drug-likeness (QED) is 0.325. The fourth-order valence-corrected chi connectivity index (χ4v) is 3.82. The fourth-order valence-electron chi connectivity index (χ4n) is 2.92. The van der Waals surface area contributed by atoms with Gasteiger partial charge in [-0.2, -0.15) is 0 Å². The van der Waals surface area contributed by atoms with Gasteiger partial charge < -0.3 is 28.4 Å². The standard InChI is InChI=1S/C24H28O9S/c1-28-17-13-20(30-3)18(21(14-17)31-4)10-11-34(27)15-16-6-7-19(29-2)22(12-16)33-24(26)9-8-23(25)32-5/h6-7,10-14H,8-9,15H2,1-5H3. The van der Waals surface area contributed by atoms with E-state index in [2.05, 4.69) is 4.74 Å². The normalized spacial score (nSPS) is 11.6. The minimum Gasteiger partial charge on any atom is -0.496 e. The summed E-state index contributed by atoms with van der Waals surface area (Å²) in [5.41, 5.74) is 1.28. The van der Waals surface area contributed by atoms with Crippen molar-refractivity contribution in [2.24, 2.45) is 0 Å². The summed E-state index contributed by atoms with van der Waals surface area (Å²) in [5, 5.41) is 1.53. The van der Waals surface area contributed by atoms with Crippen LogP contribution in [-0.4, -0.2) is 51.7 Å².